The standard InChI is InChI=1S/C23H28N4O5S2/c1-6-15-12-16(22(29)32-8-3)21(34-15)24-19(28)13-33-23-26-25-20(27(23)7-2)14-9-10-17(30-4)18(11-14)31-5/h9-12H,6-8,13H2,1-5H3,(H,24,28). The molecule has 0 fully saturated rings. The van der Waals surface area contributed by atoms with Crippen molar-refractivity contribution in [1.82, 2.24) is 14.8 Å². The maximum Gasteiger partial charge on any atom is 0.341 e. The number of carbonyl (C=O) groups excluding carboxylic acids is 2. The number of nitrogens with zero attached hydrogens (tertiary/aromatic N) is 3. The Balaban J connectivity index is 1.73. The largest absolute Gasteiger partial charge is 0.493 e. The molecule has 0 radical (unpaired) electrons. The second kappa shape index (κ2) is 11.9. The minimum absolute atomic E-state index is 0.117. The highest BCUT2D eigenvalue weighted by Crippen LogP contribution is 2.33. The van der Waals surface area contributed by atoms with Gasteiger partial charge in [-0.25, -0.2) is 4.79 Å². The van der Waals surface area contributed by atoms with Crippen molar-refractivity contribution in [3.05, 3.63) is 34.7 Å². The smallest absolute Gasteiger partial charge is 0.341 e. The molecule has 11 heteroatoms. The summed E-state index contributed by atoms with van der Waals surface area (Å²) in [6.07, 6.45) is 0.764. The number of hydrogen-bond donors (Lipinski definition) is 1. The second-order valence-electron chi connectivity index (χ2n) is 6.99. The molecular weight excluding hydrogens is 476 g/mol. The van der Waals surface area contributed by atoms with E-state index in [9.17, 15) is 9.59 Å². The van der Waals surface area contributed by atoms with Crippen LogP contribution in [0.2, 0.25) is 0 Å². The summed E-state index contributed by atoms with van der Waals surface area (Å²) in [5.74, 6) is 1.33. The number of aromatic nitrogens is 3. The van der Waals surface area contributed by atoms with E-state index < -0.39 is 5.97 Å². The highest BCUT2D eigenvalue weighted by atomic mass is 32.2. The number of ether oxygens (including phenoxy) is 3. The van der Waals surface area contributed by atoms with Crippen molar-refractivity contribution in [2.45, 2.75) is 38.9 Å². The summed E-state index contributed by atoms with van der Waals surface area (Å²) in [6, 6.07) is 7.32. The molecule has 3 rings (SSSR count). The van der Waals surface area contributed by atoms with Gasteiger partial charge in [0, 0.05) is 17.0 Å². The van der Waals surface area contributed by atoms with E-state index in [1.165, 1.54) is 23.1 Å². The summed E-state index contributed by atoms with van der Waals surface area (Å²) in [7, 11) is 3.16. The van der Waals surface area contributed by atoms with Crippen LogP contribution in [-0.2, 0) is 22.5 Å². The maximum atomic E-state index is 12.7. The molecule has 1 aromatic carbocycles. The van der Waals surface area contributed by atoms with Crippen LogP contribution >= 0.6 is 23.1 Å². The molecule has 2 heterocycles. The SMILES string of the molecule is CCOC(=O)c1cc(CC)sc1NC(=O)CSc1nnc(-c2ccc(OC)c(OC)c2)n1CC. The molecule has 0 spiro atoms. The summed E-state index contributed by atoms with van der Waals surface area (Å²) in [5.41, 5.74) is 1.21. The molecule has 182 valence electrons. The van der Waals surface area contributed by atoms with Gasteiger partial charge in [0.05, 0.1) is 32.1 Å². The number of amides is 1. The average molecular weight is 505 g/mol. The first-order valence-corrected chi connectivity index (χ1v) is 12.6. The molecule has 3 aromatic rings. The number of rotatable bonds is 11. The third-order valence-electron chi connectivity index (χ3n) is 4.89. The Morgan fingerprint density at radius 3 is 2.50 bits per heavy atom. The fraction of sp³-hybridized carbons (Fsp3) is 0.391. The summed E-state index contributed by atoms with van der Waals surface area (Å²) in [4.78, 5) is 25.9. The molecule has 1 amide bonds. The first kappa shape index (κ1) is 25.6. The Labute approximate surface area is 206 Å². The molecule has 0 saturated carbocycles. The number of aryl methyl sites for hydroxylation is 1. The van der Waals surface area contributed by atoms with Gasteiger partial charge in [-0.05, 0) is 44.5 Å². The van der Waals surface area contributed by atoms with Crippen LogP contribution in [0.25, 0.3) is 11.4 Å². The Kier molecular flexibility index (Phi) is 8.94. The first-order chi connectivity index (χ1) is 16.4. The lowest BCUT2D eigenvalue weighted by molar-refractivity contribution is -0.113. The number of nitrogens with one attached hydrogen (secondary N) is 1. The topological polar surface area (TPSA) is 105 Å². The van der Waals surface area contributed by atoms with Gasteiger partial charge in [-0.15, -0.1) is 21.5 Å². The average Bonchev–Trinajstić information content (AvgIpc) is 3.46. The van der Waals surface area contributed by atoms with Crippen molar-refractivity contribution >= 4 is 40.0 Å². The Morgan fingerprint density at radius 2 is 1.85 bits per heavy atom. The summed E-state index contributed by atoms with van der Waals surface area (Å²) >= 11 is 2.66. The molecule has 9 nitrogen and oxygen atoms in total. The summed E-state index contributed by atoms with van der Waals surface area (Å²) in [5, 5.41) is 12.6. The lowest BCUT2D eigenvalue weighted by atomic mass is 10.2. The van der Waals surface area contributed by atoms with Crippen molar-refractivity contribution in [2.75, 3.05) is 31.9 Å². The Bertz CT molecular complexity index is 1160. The van der Waals surface area contributed by atoms with Gasteiger partial charge >= 0.3 is 5.97 Å². The molecule has 0 aliphatic rings. The van der Waals surface area contributed by atoms with Crippen LogP contribution in [0.5, 0.6) is 11.5 Å². The van der Waals surface area contributed by atoms with E-state index in [2.05, 4.69) is 15.5 Å². The van der Waals surface area contributed by atoms with Gasteiger partial charge in [-0.3, -0.25) is 4.79 Å². The third kappa shape index (κ3) is 5.71. The maximum absolute atomic E-state index is 12.7. The van der Waals surface area contributed by atoms with Gasteiger partial charge in [-0.1, -0.05) is 18.7 Å². The van der Waals surface area contributed by atoms with Crippen LogP contribution in [-0.4, -0.2) is 53.2 Å². The predicted octanol–water partition coefficient (Wildman–Crippen LogP) is 4.51. The van der Waals surface area contributed by atoms with Gasteiger partial charge in [-0.2, -0.15) is 0 Å². The predicted molar refractivity (Wildman–Crippen MR) is 133 cm³/mol. The number of benzene rings is 1. The van der Waals surface area contributed by atoms with Crippen LogP contribution in [0.15, 0.2) is 29.4 Å². The lowest BCUT2D eigenvalue weighted by Crippen LogP contribution is -2.16. The first-order valence-electron chi connectivity index (χ1n) is 10.8. The van der Waals surface area contributed by atoms with Crippen molar-refractivity contribution < 1.29 is 23.8 Å². The molecule has 0 atom stereocenters. The minimum Gasteiger partial charge on any atom is -0.493 e. The fourth-order valence-corrected chi connectivity index (χ4v) is 5.03. The molecule has 1 N–H and O–H groups in total. The second-order valence-corrected chi connectivity index (χ2v) is 9.07. The van der Waals surface area contributed by atoms with Crippen molar-refractivity contribution in [2.24, 2.45) is 0 Å². The van der Waals surface area contributed by atoms with E-state index in [4.69, 9.17) is 14.2 Å². The van der Waals surface area contributed by atoms with Crippen molar-refractivity contribution in [3.63, 3.8) is 0 Å². The van der Waals surface area contributed by atoms with Crippen LogP contribution in [0.1, 0.15) is 36.0 Å². The lowest BCUT2D eigenvalue weighted by Gasteiger charge is -2.11. The molecule has 0 saturated heterocycles. The van der Waals surface area contributed by atoms with Gasteiger partial charge in [0.25, 0.3) is 0 Å². The van der Waals surface area contributed by atoms with E-state index in [1.54, 1.807) is 27.2 Å². The Morgan fingerprint density at radius 1 is 1.09 bits per heavy atom. The van der Waals surface area contributed by atoms with Gasteiger partial charge in [0.2, 0.25) is 5.91 Å². The van der Waals surface area contributed by atoms with Gasteiger partial charge < -0.3 is 24.1 Å². The third-order valence-corrected chi connectivity index (χ3v) is 7.05. The number of anilines is 1. The molecule has 34 heavy (non-hydrogen) atoms. The van der Waals surface area contributed by atoms with E-state index in [0.29, 0.717) is 39.6 Å². The van der Waals surface area contributed by atoms with Gasteiger partial charge in [0.15, 0.2) is 22.5 Å². The number of thioether (sulfide) groups is 1. The van der Waals surface area contributed by atoms with Crippen molar-refractivity contribution in [3.8, 4) is 22.9 Å². The number of hydrogen-bond acceptors (Lipinski definition) is 9. The van der Waals surface area contributed by atoms with Crippen LogP contribution in [0.3, 0.4) is 0 Å². The molecule has 2 aromatic heterocycles. The van der Waals surface area contributed by atoms with E-state index in [0.717, 1.165) is 16.9 Å². The summed E-state index contributed by atoms with van der Waals surface area (Å²) in [6.45, 7) is 6.63. The van der Waals surface area contributed by atoms with E-state index in [-0.39, 0.29) is 18.3 Å². The number of carbonyl (C=O) groups is 2. The van der Waals surface area contributed by atoms with Crippen LogP contribution in [0.4, 0.5) is 5.00 Å². The summed E-state index contributed by atoms with van der Waals surface area (Å²) < 4.78 is 17.7. The minimum atomic E-state index is -0.438. The number of thiophene rings is 1. The highest BCUT2D eigenvalue weighted by molar-refractivity contribution is 7.99. The molecular formula is C23H28N4O5S2. The Hall–Kier alpha value is -3.05. The fourth-order valence-electron chi connectivity index (χ4n) is 3.23. The van der Waals surface area contributed by atoms with Crippen molar-refractivity contribution in [1.29, 1.82) is 0 Å². The van der Waals surface area contributed by atoms with E-state index in [1.807, 2.05) is 36.6 Å². The van der Waals surface area contributed by atoms with Gasteiger partial charge in [0.1, 0.15) is 5.00 Å². The van der Waals surface area contributed by atoms with E-state index >= 15 is 0 Å². The normalized spacial score (nSPS) is 10.7. The zero-order chi connectivity index (χ0) is 24.7. The monoisotopic (exact) mass is 504 g/mol. The number of methoxy groups -OCH3 is 2. The molecule has 0 unspecified atom stereocenters. The molecule has 0 aliphatic carbocycles. The highest BCUT2D eigenvalue weighted by Gasteiger charge is 2.20. The zero-order valence-corrected chi connectivity index (χ0v) is 21.5. The molecule has 0 aliphatic heterocycles. The zero-order valence-electron chi connectivity index (χ0n) is 19.8. The quantitative estimate of drug-likeness (QED) is 0.300. The number of esters is 1. The molecule has 0 bridgehead atoms. The van der Waals surface area contributed by atoms with Crippen LogP contribution in [0, 0.1) is 0 Å². The van der Waals surface area contributed by atoms with Crippen LogP contribution < -0.4 is 14.8 Å².